The molecule has 0 saturated carbocycles. The van der Waals surface area contributed by atoms with E-state index >= 15 is 0 Å². The summed E-state index contributed by atoms with van der Waals surface area (Å²) in [4.78, 5) is 70.3. The first-order chi connectivity index (χ1) is 13.8. The third kappa shape index (κ3) is 9.82. The smallest absolute Gasteiger partial charge is 0.326 e. The molecule has 0 aromatic heterocycles. The fourth-order valence-electron chi connectivity index (χ4n) is 2.31. The highest BCUT2D eigenvalue weighted by atomic mass is 16.4. The fraction of sp³-hybridized carbons (Fsp3) is 0.647. The lowest BCUT2D eigenvalue weighted by molar-refractivity contribution is -0.143. The monoisotopic (exact) mass is 430 g/mol. The van der Waals surface area contributed by atoms with Crippen LogP contribution in [0.2, 0.25) is 0 Å². The zero-order chi connectivity index (χ0) is 23.6. The van der Waals surface area contributed by atoms with Crippen molar-refractivity contribution in [3.8, 4) is 0 Å². The van der Waals surface area contributed by atoms with Crippen LogP contribution in [0.3, 0.4) is 0 Å². The number of aliphatic carboxylic acids is 1. The van der Waals surface area contributed by atoms with Gasteiger partial charge < -0.3 is 38.3 Å². The quantitative estimate of drug-likeness (QED) is 0.155. The molecule has 0 aliphatic rings. The van der Waals surface area contributed by atoms with Crippen molar-refractivity contribution < 1.29 is 33.9 Å². The van der Waals surface area contributed by atoms with E-state index in [-0.39, 0.29) is 12.8 Å². The fourth-order valence-corrected chi connectivity index (χ4v) is 2.31. The summed E-state index contributed by atoms with van der Waals surface area (Å²) in [5.74, 6) is -5.88. The Morgan fingerprint density at radius 2 is 1.33 bits per heavy atom. The third-order valence-electron chi connectivity index (χ3n) is 3.99. The van der Waals surface area contributed by atoms with Crippen LogP contribution in [0.4, 0.5) is 0 Å². The molecule has 0 heterocycles. The molecule has 4 atom stereocenters. The van der Waals surface area contributed by atoms with E-state index in [0.29, 0.717) is 0 Å². The summed E-state index contributed by atoms with van der Waals surface area (Å²) >= 11 is 0. The molecular weight excluding hydrogens is 400 g/mol. The number of carbonyl (C=O) groups excluding carboxylic acids is 5. The van der Waals surface area contributed by atoms with Gasteiger partial charge in [-0.2, -0.15) is 0 Å². The molecule has 0 aromatic carbocycles. The Morgan fingerprint density at radius 1 is 0.800 bits per heavy atom. The van der Waals surface area contributed by atoms with E-state index in [9.17, 15) is 33.9 Å². The second kappa shape index (κ2) is 12.4. The molecule has 0 aliphatic carbocycles. The number of nitrogens with two attached hydrogens (primary N) is 3. The van der Waals surface area contributed by atoms with Gasteiger partial charge in [0.2, 0.25) is 29.5 Å². The Hall–Kier alpha value is -3.22. The number of hydrogen-bond donors (Lipinski definition) is 7. The zero-order valence-electron chi connectivity index (χ0n) is 17.1. The van der Waals surface area contributed by atoms with Gasteiger partial charge in [0.1, 0.15) is 18.1 Å². The van der Waals surface area contributed by atoms with Gasteiger partial charge in [-0.25, -0.2) is 4.79 Å². The third-order valence-corrected chi connectivity index (χ3v) is 3.99. The van der Waals surface area contributed by atoms with Crippen LogP contribution in [-0.4, -0.2) is 64.8 Å². The summed E-state index contributed by atoms with van der Waals surface area (Å²) in [6.07, 6.45) is -1.03. The molecule has 5 amide bonds. The van der Waals surface area contributed by atoms with Crippen molar-refractivity contribution in [3.05, 3.63) is 0 Å². The summed E-state index contributed by atoms with van der Waals surface area (Å²) < 4.78 is 0. The Kier molecular flexibility index (Phi) is 11.0. The lowest BCUT2D eigenvalue weighted by atomic mass is 10.0. The number of primary amides is 2. The molecule has 0 aliphatic heterocycles. The van der Waals surface area contributed by atoms with Crippen molar-refractivity contribution in [2.75, 3.05) is 0 Å². The summed E-state index contributed by atoms with van der Waals surface area (Å²) in [6.45, 7) is 4.55. The molecule has 0 rings (SSSR count). The number of carboxylic acid groups (broad SMARTS) is 1. The first-order valence-electron chi connectivity index (χ1n) is 9.22. The minimum absolute atomic E-state index is 0.232. The van der Waals surface area contributed by atoms with Crippen LogP contribution >= 0.6 is 0 Å². The Morgan fingerprint density at radius 3 is 1.73 bits per heavy atom. The molecule has 170 valence electrons. The highest BCUT2D eigenvalue weighted by Crippen LogP contribution is 2.06. The van der Waals surface area contributed by atoms with Crippen LogP contribution in [0.5, 0.6) is 0 Å². The van der Waals surface area contributed by atoms with Gasteiger partial charge >= 0.3 is 5.97 Å². The molecular formula is C17H30N6O7. The number of amides is 5. The van der Waals surface area contributed by atoms with Gasteiger partial charge in [0.25, 0.3) is 0 Å². The Labute approximate surface area is 173 Å². The second-order valence-corrected chi connectivity index (χ2v) is 7.15. The van der Waals surface area contributed by atoms with Gasteiger partial charge in [0, 0.05) is 6.42 Å². The molecule has 0 aromatic rings. The summed E-state index contributed by atoms with van der Waals surface area (Å²) in [5.41, 5.74) is 15.5. The molecule has 0 radical (unpaired) electrons. The molecule has 30 heavy (non-hydrogen) atoms. The van der Waals surface area contributed by atoms with Crippen molar-refractivity contribution >= 4 is 35.5 Å². The predicted octanol–water partition coefficient (Wildman–Crippen LogP) is -3.33. The van der Waals surface area contributed by atoms with Gasteiger partial charge in [0.05, 0.1) is 12.5 Å². The standard InChI is InChI=1S/C17H30N6O7/c1-7(2)13(16(28)21-9(17(29)30)4-5-11(19)24)23-15(27)10(6-12(20)25)22-14(26)8(3)18/h7-10,13H,4-6,18H2,1-3H3,(H2,19,24)(H2,20,25)(H,21,28)(H,22,26)(H,23,27)(H,29,30). The molecule has 13 heteroatoms. The Balaban J connectivity index is 5.36. The molecule has 0 fully saturated rings. The molecule has 0 bridgehead atoms. The van der Waals surface area contributed by atoms with Crippen LogP contribution in [0, 0.1) is 5.92 Å². The van der Waals surface area contributed by atoms with Gasteiger partial charge in [-0.1, -0.05) is 13.8 Å². The minimum Gasteiger partial charge on any atom is -0.480 e. The first-order valence-corrected chi connectivity index (χ1v) is 9.22. The molecule has 0 saturated heterocycles. The van der Waals surface area contributed by atoms with E-state index in [0.717, 1.165) is 0 Å². The minimum atomic E-state index is -1.40. The van der Waals surface area contributed by atoms with E-state index < -0.39 is 72.0 Å². The number of hydrogen-bond acceptors (Lipinski definition) is 7. The van der Waals surface area contributed by atoms with Crippen LogP contribution in [0.25, 0.3) is 0 Å². The predicted molar refractivity (Wildman–Crippen MR) is 104 cm³/mol. The van der Waals surface area contributed by atoms with Crippen molar-refractivity contribution in [2.45, 2.75) is 64.2 Å². The van der Waals surface area contributed by atoms with Crippen molar-refractivity contribution in [2.24, 2.45) is 23.1 Å². The molecule has 13 nitrogen and oxygen atoms in total. The SMILES string of the molecule is CC(N)C(=O)NC(CC(N)=O)C(=O)NC(C(=O)NC(CCC(N)=O)C(=O)O)C(C)C. The Bertz CT molecular complexity index is 680. The van der Waals surface area contributed by atoms with Crippen molar-refractivity contribution in [3.63, 3.8) is 0 Å². The van der Waals surface area contributed by atoms with E-state index in [1.807, 2.05) is 0 Å². The number of carbonyl (C=O) groups is 6. The van der Waals surface area contributed by atoms with E-state index in [2.05, 4.69) is 16.0 Å². The van der Waals surface area contributed by atoms with E-state index in [4.69, 9.17) is 17.2 Å². The zero-order valence-corrected chi connectivity index (χ0v) is 17.1. The topological polar surface area (TPSA) is 237 Å². The van der Waals surface area contributed by atoms with E-state index in [1.54, 1.807) is 13.8 Å². The average molecular weight is 430 g/mol. The second-order valence-electron chi connectivity index (χ2n) is 7.15. The van der Waals surface area contributed by atoms with Gasteiger partial charge in [-0.15, -0.1) is 0 Å². The average Bonchev–Trinajstić information content (AvgIpc) is 2.60. The van der Waals surface area contributed by atoms with Gasteiger partial charge in [-0.3, -0.25) is 24.0 Å². The van der Waals surface area contributed by atoms with E-state index in [1.165, 1.54) is 6.92 Å². The number of nitrogens with one attached hydrogen (secondary N) is 3. The maximum absolute atomic E-state index is 12.6. The van der Waals surface area contributed by atoms with Crippen molar-refractivity contribution in [1.82, 2.24) is 16.0 Å². The van der Waals surface area contributed by atoms with Gasteiger partial charge in [-0.05, 0) is 19.3 Å². The van der Waals surface area contributed by atoms with Crippen LogP contribution in [0.1, 0.15) is 40.0 Å². The highest BCUT2D eigenvalue weighted by molar-refractivity contribution is 5.96. The van der Waals surface area contributed by atoms with Crippen LogP contribution < -0.4 is 33.2 Å². The molecule has 10 N–H and O–H groups in total. The lowest BCUT2D eigenvalue weighted by Crippen LogP contribution is -2.58. The van der Waals surface area contributed by atoms with Crippen molar-refractivity contribution in [1.29, 1.82) is 0 Å². The lowest BCUT2D eigenvalue weighted by Gasteiger charge is -2.26. The summed E-state index contributed by atoms with van der Waals surface area (Å²) in [6, 6.07) is -4.93. The number of rotatable bonds is 13. The van der Waals surface area contributed by atoms with Crippen LogP contribution in [-0.2, 0) is 28.8 Å². The maximum atomic E-state index is 12.6. The maximum Gasteiger partial charge on any atom is 0.326 e. The normalized spacial score (nSPS) is 14.7. The highest BCUT2D eigenvalue weighted by Gasteiger charge is 2.32. The largest absolute Gasteiger partial charge is 0.480 e. The summed E-state index contributed by atoms with van der Waals surface area (Å²) in [7, 11) is 0. The first kappa shape index (κ1) is 26.8. The summed E-state index contributed by atoms with van der Waals surface area (Å²) in [5, 5.41) is 16.1. The van der Waals surface area contributed by atoms with Gasteiger partial charge in [0.15, 0.2) is 0 Å². The van der Waals surface area contributed by atoms with Crippen LogP contribution in [0.15, 0.2) is 0 Å². The molecule has 0 spiro atoms. The number of carboxylic acids is 1. The molecule has 4 unspecified atom stereocenters.